The number of nitrogens with zero attached hydrogens (tertiary/aromatic N) is 1. The molecule has 1 rings (SSSR count). The fraction of sp³-hybridized carbons (Fsp3) is 1.00. The Labute approximate surface area is 78.3 Å². The molecule has 66 valence electrons. The van der Waals surface area contributed by atoms with E-state index in [4.69, 9.17) is 0 Å². The summed E-state index contributed by atoms with van der Waals surface area (Å²) in [6.07, 6.45) is 7.30. The van der Waals surface area contributed by atoms with Crippen LogP contribution in [0.5, 0.6) is 0 Å². The smallest absolute Gasteiger partial charge is 0.0539 e. The minimum atomic E-state index is 0.978. The minimum absolute atomic E-state index is 0.978. The lowest BCUT2D eigenvalue weighted by molar-refractivity contribution is 0.259. The molecule has 0 radical (unpaired) electrons. The van der Waals surface area contributed by atoms with Gasteiger partial charge in [0, 0.05) is 6.54 Å². The van der Waals surface area contributed by atoms with Crippen LogP contribution in [-0.4, -0.2) is 23.9 Å². The maximum Gasteiger partial charge on any atom is 0.0539 e. The van der Waals surface area contributed by atoms with Crippen molar-refractivity contribution in [1.82, 2.24) is 4.90 Å². The van der Waals surface area contributed by atoms with Crippen LogP contribution in [0.3, 0.4) is 0 Å². The van der Waals surface area contributed by atoms with Crippen molar-refractivity contribution < 1.29 is 0 Å². The molecule has 11 heavy (non-hydrogen) atoms. The maximum absolute atomic E-state index is 3.47. The number of alkyl halides is 1. The van der Waals surface area contributed by atoms with Crippen molar-refractivity contribution >= 4 is 15.9 Å². The summed E-state index contributed by atoms with van der Waals surface area (Å²) >= 11 is 3.47. The number of hydrogen-bond donors (Lipinski definition) is 0. The van der Waals surface area contributed by atoms with E-state index in [1.54, 1.807) is 0 Å². The van der Waals surface area contributed by atoms with Gasteiger partial charge in [0.25, 0.3) is 0 Å². The molecule has 0 aromatic rings. The molecule has 0 aliphatic heterocycles. The predicted molar refractivity (Wildman–Crippen MR) is 53.0 cm³/mol. The van der Waals surface area contributed by atoms with E-state index in [0.29, 0.717) is 0 Å². The highest BCUT2D eigenvalue weighted by atomic mass is 79.9. The monoisotopic (exact) mass is 219 g/mol. The lowest BCUT2D eigenvalue weighted by Crippen LogP contribution is -2.25. The Morgan fingerprint density at radius 1 is 1.27 bits per heavy atom. The van der Waals surface area contributed by atoms with E-state index >= 15 is 0 Å². The third-order valence-corrected chi connectivity index (χ3v) is 3.35. The Balaban J connectivity index is 2.13. The molecule has 0 unspecified atom stereocenters. The van der Waals surface area contributed by atoms with Gasteiger partial charge in [0.1, 0.15) is 0 Å². The molecule has 0 spiro atoms. The van der Waals surface area contributed by atoms with Gasteiger partial charge in [0.15, 0.2) is 0 Å². The van der Waals surface area contributed by atoms with Crippen LogP contribution in [-0.2, 0) is 0 Å². The first kappa shape index (κ1) is 9.53. The highest BCUT2D eigenvalue weighted by molar-refractivity contribution is 9.09. The molecule has 1 aliphatic carbocycles. The van der Waals surface area contributed by atoms with E-state index in [1.807, 2.05) is 0 Å². The molecule has 2 heteroatoms. The summed E-state index contributed by atoms with van der Waals surface area (Å²) in [5, 5.41) is 0. The van der Waals surface area contributed by atoms with Crippen LogP contribution in [0.2, 0.25) is 0 Å². The van der Waals surface area contributed by atoms with Crippen LogP contribution >= 0.6 is 15.9 Å². The van der Waals surface area contributed by atoms with Gasteiger partial charge in [0.05, 0.1) is 5.45 Å². The van der Waals surface area contributed by atoms with Crippen molar-refractivity contribution in [1.29, 1.82) is 0 Å². The van der Waals surface area contributed by atoms with E-state index < -0.39 is 0 Å². The summed E-state index contributed by atoms with van der Waals surface area (Å²) in [4.78, 5) is 2.36. The highest BCUT2D eigenvalue weighted by Crippen LogP contribution is 2.24. The van der Waals surface area contributed by atoms with Gasteiger partial charge in [-0.3, -0.25) is 4.90 Å². The van der Waals surface area contributed by atoms with E-state index in [0.717, 1.165) is 11.4 Å². The van der Waals surface area contributed by atoms with E-state index in [2.05, 4.69) is 27.9 Å². The average molecular weight is 220 g/mol. The third-order valence-electron chi connectivity index (χ3n) is 2.50. The molecule has 0 saturated heterocycles. The lowest BCUT2D eigenvalue weighted by Gasteiger charge is -2.25. The van der Waals surface area contributed by atoms with Gasteiger partial charge in [-0.1, -0.05) is 35.2 Å². The zero-order valence-corrected chi connectivity index (χ0v) is 8.94. The third kappa shape index (κ3) is 3.57. The van der Waals surface area contributed by atoms with Crippen molar-refractivity contribution in [2.45, 2.75) is 32.1 Å². The van der Waals surface area contributed by atoms with Gasteiger partial charge in [0.2, 0.25) is 0 Å². The molecule has 0 aromatic heterocycles. The van der Waals surface area contributed by atoms with Crippen LogP contribution in [0.25, 0.3) is 0 Å². The largest absolute Gasteiger partial charge is 0.296 e. The Hall–Kier alpha value is 0.440. The number of rotatable bonds is 3. The molecule has 0 atom stereocenters. The summed E-state index contributed by atoms with van der Waals surface area (Å²) in [6.45, 7) is 1.28. The standard InChI is InChI=1S/C9H18BrN/c1-11(8-10)7-9-5-3-2-4-6-9/h9H,2-8H2,1H3. The van der Waals surface area contributed by atoms with E-state index in [-0.39, 0.29) is 0 Å². The van der Waals surface area contributed by atoms with Crippen molar-refractivity contribution in [3.63, 3.8) is 0 Å². The molecule has 0 heterocycles. The van der Waals surface area contributed by atoms with Crippen LogP contribution in [0.1, 0.15) is 32.1 Å². The quantitative estimate of drug-likeness (QED) is 0.522. The SMILES string of the molecule is CN(CBr)CC1CCCCC1. The molecule has 1 nitrogen and oxygen atoms in total. The van der Waals surface area contributed by atoms with Crippen LogP contribution in [0, 0.1) is 5.92 Å². The van der Waals surface area contributed by atoms with E-state index in [1.165, 1.54) is 38.6 Å². The van der Waals surface area contributed by atoms with E-state index in [9.17, 15) is 0 Å². The van der Waals surface area contributed by atoms with Gasteiger partial charge >= 0.3 is 0 Å². The average Bonchev–Trinajstić information content (AvgIpc) is 2.06. The van der Waals surface area contributed by atoms with Gasteiger partial charge in [-0.15, -0.1) is 0 Å². The number of hydrogen-bond acceptors (Lipinski definition) is 1. The summed E-state index contributed by atoms with van der Waals surface area (Å²) < 4.78 is 0. The van der Waals surface area contributed by atoms with Crippen molar-refractivity contribution in [3.8, 4) is 0 Å². The zero-order chi connectivity index (χ0) is 8.10. The topological polar surface area (TPSA) is 3.24 Å². The Morgan fingerprint density at radius 2 is 1.91 bits per heavy atom. The maximum atomic E-state index is 3.47. The minimum Gasteiger partial charge on any atom is -0.296 e. The molecular weight excluding hydrogens is 202 g/mol. The van der Waals surface area contributed by atoms with Crippen molar-refractivity contribution in [3.05, 3.63) is 0 Å². The van der Waals surface area contributed by atoms with Gasteiger partial charge in [-0.05, 0) is 25.8 Å². The molecule has 0 aromatic carbocycles. The van der Waals surface area contributed by atoms with Crippen molar-refractivity contribution in [2.75, 3.05) is 19.0 Å². The normalized spacial score (nSPS) is 21.0. The molecule has 1 aliphatic rings. The molecular formula is C9H18BrN. The van der Waals surface area contributed by atoms with Crippen LogP contribution < -0.4 is 0 Å². The first-order valence-electron chi connectivity index (χ1n) is 4.57. The second-order valence-electron chi connectivity index (χ2n) is 3.66. The Morgan fingerprint density at radius 3 is 2.45 bits per heavy atom. The fourth-order valence-corrected chi connectivity index (χ4v) is 2.06. The Kier molecular flexibility index (Phi) is 4.46. The van der Waals surface area contributed by atoms with Gasteiger partial charge in [-0.25, -0.2) is 0 Å². The summed E-state index contributed by atoms with van der Waals surface area (Å²) in [5.74, 6) is 0.978. The van der Waals surface area contributed by atoms with Crippen LogP contribution in [0.4, 0.5) is 0 Å². The fourth-order valence-electron chi connectivity index (χ4n) is 1.86. The van der Waals surface area contributed by atoms with Gasteiger partial charge in [-0.2, -0.15) is 0 Å². The molecule has 0 bridgehead atoms. The summed E-state index contributed by atoms with van der Waals surface area (Å²) in [5.41, 5.74) is 1.02. The van der Waals surface area contributed by atoms with Gasteiger partial charge < -0.3 is 0 Å². The predicted octanol–water partition coefficient (Wildman–Crippen LogP) is 2.85. The highest BCUT2D eigenvalue weighted by Gasteiger charge is 2.14. The van der Waals surface area contributed by atoms with Crippen molar-refractivity contribution in [2.24, 2.45) is 5.92 Å². The summed E-state index contributed by atoms with van der Waals surface area (Å²) in [6, 6.07) is 0. The zero-order valence-electron chi connectivity index (χ0n) is 7.35. The molecule has 0 amide bonds. The molecule has 1 saturated carbocycles. The Bertz CT molecular complexity index is 99.7. The second kappa shape index (κ2) is 5.15. The molecule has 0 N–H and O–H groups in total. The first-order valence-corrected chi connectivity index (χ1v) is 5.69. The lowest BCUT2D eigenvalue weighted by atomic mass is 9.89. The van der Waals surface area contributed by atoms with Crippen LogP contribution in [0.15, 0.2) is 0 Å². The summed E-state index contributed by atoms with van der Waals surface area (Å²) in [7, 11) is 2.18. The number of halogens is 1. The second-order valence-corrected chi connectivity index (χ2v) is 4.16. The first-order chi connectivity index (χ1) is 5.33. The molecule has 1 fully saturated rings.